The highest BCUT2D eigenvalue weighted by molar-refractivity contribution is 9.10. The van der Waals surface area contributed by atoms with E-state index in [0.717, 1.165) is 32.2 Å². The van der Waals surface area contributed by atoms with Crippen molar-refractivity contribution in [2.45, 2.75) is 13.0 Å². The Labute approximate surface area is 124 Å². The summed E-state index contributed by atoms with van der Waals surface area (Å²) in [5.41, 5.74) is 9.85. The fraction of sp³-hybridized carbons (Fsp3) is 0.133. The molecule has 0 aliphatic heterocycles. The zero-order valence-corrected chi connectivity index (χ0v) is 12.5. The van der Waals surface area contributed by atoms with Crippen molar-refractivity contribution in [1.29, 1.82) is 0 Å². The van der Waals surface area contributed by atoms with Gasteiger partial charge >= 0.3 is 0 Å². The van der Waals surface area contributed by atoms with Crippen LogP contribution in [0.1, 0.15) is 22.8 Å². The van der Waals surface area contributed by atoms with E-state index in [4.69, 9.17) is 5.73 Å². The van der Waals surface area contributed by atoms with Crippen molar-refractivity contribution in [3.8, 4) is 0 Å². The molecular formula is C15H14BrN3O. The van der Waals surface area contributed by atoms with Gasteiger partial charge in [-0.15, -0.1) is 0 Å². The van der Waals surface area contributed by atoms with Gasteiger partial charge in [-0.3, -0.25) is 0 Å². The lowest BCUT2D eigenvalue weighted by Gasteiger charge is -2.14. The number of nitrogens with two attached hydrogens (primary N) is 1. The molecule has 0 bridgehead atoms. The maximum absolute atomic E-state index is 10.7. The third-order valence-electron chi connectivity index (χ3n) is 3.54. The first-order chi connectivity index (χ1) is 9.58. The van der Waals surface area contributed by atoms with Gasteiger partial charge in [-0.2, -0.15) is 0 Å². The van der Waals surface area contributed by atoms with Gasteiger partial charge in [0, 0.05) is 33.5 Å². The number of hydrogen-bond donors (Lipinski definition) is 3. The van der Waals surface area contributed by atoms with Crippen molar-refractivity contribution >= 4 is 32.7 Å². The van der Waals surface area contributed by atoms with Gasteiger partial charge in [0.1, 0.15) is 11.8 Å². The van der Waals surface area contributed by atoms with Gasteiger partial charge in [0.2, 0.25) is 0 Å². The molecule has 0 saturated heterocycles. The van der Waals surface area contributed by atoms with Crippen molar-refractivity contribution < 1.29 is 5.11 Å². The van der Waals surface area contributed by atoms with Gasteiger partial charge in [-0.1, -0.05) is 12.1 Å². The summed E-state index contributed by atoms with van der Waals surface area (Å²) in [5, 5.41) is 11.6. The Balaban J connectivity index is 2.15. The molecule has 0 aliphatic carbocycles. The minimum Gasteiger partial charge on any atom is -0.399 e. The second kappa shape index (κ2) is 4.92. The van der Waals surface area contributed by atoms with E-state index in [1.54, 1.807) is 12.4 Å². The molecule has 20 heavy (non-hydrogen) atoms. The number of aromatic nitrogens is 2. The maximum Gasteiger partial charge on any atom is 0.137 e. The smallest absolute Gasteiger partial charge is 0.137 e. The Morgan fingerprint density at radius 3 is 2.95 bits per heavy atom. The van der Waals surface area contributed by atoms with Crippen molar-refractivity contribution in [3.63, 3.8) is 0 Å². The maximum atomic E-state index is 10.7. The Morgan fingerprint density at radius 1 is 1.35 bits per heavy atom. The number of aromatic amines is 1. The SMILES string of the molecule is Cc1c(N)cccc1C(O)c1c[nH]c2ncc(Br)cc12. The van der Waals surface area contributed by atoms with Crippen LogP contribution in [0.2, 0.25) is 0 Å². The number of benzene rings is 1. The third kappa shape index (κ3) is 2.09. The third-order valence-corrected chi connectivity index (χ3v) is 3.97. The minimum atomic E-state index is -0.733. The van der Waals surface area contributed by atoms with Crippen LogP contribution in [0.3, 0.4) is 0 Å². The number of hydrogen-bond acceptors (Lipinski definition) is 3. The first kappa shape index (κ1) is 13.1. The number of halogens is 1. The van der Waals surface area contributed by atoms with Crippen LogP contribution in [0.5, 0.6) is 0 Å². The molecule has 4 N–H and O–H groups in total. The predicted molar refractivity (Wildman–Crippen MR) is 83.4 cm³/mol. The molecule has 4 nitrogen and oxygen atoms in total. The summed E-state index contributed by atoms with van der Waals surface area (Å²) in [6, 6.07) is 7.52. The van der Waals surface area contributed by atoms with Gasteiger partial charge in [-0.25, -0.2) is 4.98 Å². The average Bonchev–Trinajstić information content (AvgIpc) is 2.84. The number of aliphatic hydroxyl groups excluding tert-OH is 1. The number of nitrogens with zero attached hydrogens (tertiary/aromatic N) is 1. The highest BCUT2D eigenvalue weighted by atomic mass is 79.9. The fourth-order valence-electron chi connectivity index (χ4n) is 2.36. The van der Waals surface area contributed by atoms with Gasteiger partial charge < -0.3 is 15.8 Å². The summed E-state index contributed by atoms with van der Waals surface area (Å²) >= 11 is 3.40. The van der Waals surface area contributed by atoms with Crippen molar-refractivity contribution in [3.05, 3.63) is 57.8 Å². The predicted octanol–water partition coefficient (Wildman–Crippen LogP) is 3.30. The molecule has 5 heteroatoms. The highest BCUT2D eigenvalue weighted by Crippen LogP contribution is 2.32. The molecule has 0 radical (unpaired) electrons. The molecular weight excluding hydrogens is 318 g/mol. The standard InChI is InChI=1S/C15H14BrN3O/c1-8-10(3-2-4-13(8)17)14(20)12-7-19-15-11(12)5-9(16)6-18-15/h2-7,14,20H,17H2,1H3,(H,18,19). The van der Waals surface area contributed by atoms with Gasteiger partial charge in [0.25, 0.3) is 0 Å². The molecule has 0 spiro atoms. The Hall–Kier alpha value is -1.85. The van der Waals surface area contributed by atoms with E-state index < -0.39 is 6.10 Å². The number of fused-ring (bicyclic) bond motifs is 1. The van der Waals surface area contributed by atoms with Crippen LogP contribution in [0.4, 0.5) is 5.69 Å². The number of anilines is 1. The van der Waals surface area contributed by atoms with E-state index >= 15 is 0 Å². The number of pyridine rings is 1. The van der Waals surface area contributed by atoms with Crippen LogP contribution >= 0.6 is 15.9 Å². The Morgan fingerprint density at radius 2 is 2.15 bits per heavy atom. The van der Waals surface area contributed by atoms with Crippen LogP contribution in [-0.2, 0) is 0 Å². The number of H-pyrrole nitrogens is 1. The summed E-state index contributed by atoms with van der Waals surface area (Å²) in [7, 11) is 0. The number of rotatable bonds is 2. The summed E-state index contributed by atoms with van der Waals surface area (Å²) in [6.07, 6.45) is 2.78. The van der Waals surface area contributed by atoms with Gasteiger partial charge in [-0.05, 0) is 46.1 Å². The molecule has 0 saturated carbocycles. The van der Waals surface area contributed by atoms with Gasteiger partial charge in [0.05, 0.1) is 0 Å². The number of nitrogens with one attached hydrogen (secondary N) is 1. The zero-order valence-electron chi connectivity index (χ0n) is 10.9. The van der Waals surface area contributed by atoms with E-state index in [9.17, 15) is 5.11 Å². The lowest BCUT2D eigenvalue weighted by Crippen LogP contribution is -2.03. The van der Waals surface area contributed by atoms with Crippen molar-refractivity contribution in [2.75, 3.05) is 5.73 Å². The normalized spacial score (nSPS) is 12.8. The first-order valence-electron chi connectivity index (χ1n) is 6.23. The lowest BCUT2D eigenvalue weighted by molar-refractivity contribution is 0.221. The molecule has 0 amide bonds. The molecule has 0 fully saturated rings. The van der Waals surface area contributed by atoms with E-state index in [1.807, 2.05) is 31.2 Å². The molecule has 2 heterocycles. The molecule has 1 unspecified atom stereocenters. The lowest BCUT2D eigenvalue weighted by atomic mass is 9.96. The molecule has 3 aromatic rings. The molecule has 1 aromatic carbocycles. The molecule has 102 valence electrons. The monoisotopic (exact) mass is 331 g/mol. The Kier molecular flexibility index (Phi) is 3.23. The quantitative estimate of drug-likeness (QED) is 0.630. The summed E-state index contributed by atoms with van der Waals surface area (Å²) in [5.74, 6) is 0. The fourth-order valence-corrected chi connectivity index (χ4v) is 2.69. The second-order valence-electron chi connectivity index (χ2n) is 4.76. The number of aliphatic hydroxyl groups is 1. The van der Waals surface area contributed by atoms with Crippen LogP contribution in [0.25, 0.3) is 11.0 Å². The zero-order chi connectivity index (χ0) is 14.3. The van der Waals surface area contributed by atoms with Crippen LogP contribution in [0, 0.1) is 6.92 Å². The second-order valence-corrected chi connectivity index (χ2v) is 5.67. The van der Waals surface area contributed by atoms with Crippen LogP contribution in [-0.4, -0.2) is 15.1 Å². The van der Waals surface area contributed by atoms with Crippen LogP contribution < -0.4 is 5.73 Å². The topological polar surface area (TPSA) is 74.9 Å². The molecule has 0 aliphatic rings. The van der Waals surface area contributed by atoms with Crippen molar-refractivity contribution in [2.24, 2.45) is 0 Å². The van der Waals surface area contributed by atoms with E-state index in [-0.39, 0.29) is 0 Å². The Bertz CT molecular complexity index is 782. The van der Waals surface area contributed by atoms with Gasteiger partial charge in [0.15, 0.2) is 0 Å². The molecule has 2 aromatic heterocycles. The van der Waals surface area contributed by atoms with Crippen molar-refractivity contribution in [1.82, 2.24) is 9.97 Å². The molecule has 3 rings (SSSR count). The summed E-state index contributed by atoms with van der Waals surface area (Å²) < 4.78 is 0.877. The van der Waals surface area contributed by atoms with E-state index in [1.165, 1.54) is 0 Å². The average molecular weight is 332 g/mol. The van der Waals surface area contributed by atoms with E-state index in [2.05, 4.69) is 25.9 Å². The number of nitrogen functional groups attached to an aromatic ring is 1. The summed E-state index contributed by atoms with van der Waals surface area (Å²) in [4.78, 5) is 7.36. The van der Waals surface area contributed by atoms with E-state index in [0.29, 0.717) is 5.69 Å². The largest absolute Gasteiger partial charge is 0.399 e. The van der Waals surface area contributed by atoms with Crippen LogP contribution in [0.15, 0.2) is 41.1 Å². The summed E-state index contributed by atoms with van der Waals surface area (Å²) in [6.45, 7) is 1.91. The first-order valence-corrected chi connectivity index (χ1v) is 7.03. The molecule has 1 atom stereocenters. The highest BCUT2D eigenvalue weighted by Gasteiger charge is 2.18. The minimum absolute atomic E-state index is 0.681.